The van der Waals surface area contributed by atoms with E-state index in [1.54, 1.807) is 7.11 Å². The van der Waals surface area contributed by atoms with Gasteiger partial charge in [-0.1, -0.05) is 0 Å². The Morgan fingerprint density at radius 1 is 1.22 bits per heavy atom. The highest BCUT2D eigenvalue weighted by Crippen LogP contribution is 2.43. The van der Waals surface area contributed by atoms with E-state index >= 15 is 0 Å². The van der Waals surface area contributed by atoms with Crippen molar-refractivity contribution in [1.82, 2.24) is 0 Å². The number of rotatable bonds is 5. The summed E-state index contributed by atoms with van der Waals surface area (Å²) in [6.45, 7) is 8.93. The molecule has 1 fully saturated rings. The average Bonchev–Trinajstić information content (AvgIpc) is 2.19. The Labute approximate surface area is 111 Å². The standard InChI is InChI=1S/C13H26O4Si/c1-12(17-18(3,4)5)6-8-13(9-7-12,10-16-2)11(14)15/h6-10H2,1-5H3,(H,14,15). The van der Waals surface area contributed by atoms with Crippen LogP contribution >= 0.6 is 0 Å². The molecule has 0 aromatic carbocycles. The molecule has 0 aliphatic heterocycles. The van der Waals surface area contributed by atoms with E-state index in [0.29, 0.717) is 19.4 Å². The van der Waals surface area contributed by atoms with Crippen molar-refractivity contribution in [2.45, 2.75) is 57.8 Å². The molecule has 0 aromatic rings. The van der Waals surface area contributed by atoms with Crippen molar-refractivity contribution in [1.29, 1.82) is 0 Å². The Hall–Kier alpha value is -0.393. The molecule has 0 heterocycles. The van der Waals surface area contributed by atoms with Gasteiger partial charge < -0.3 is 14.3 Å². The summed E-state index contributed by atoms with van der Waals surface area (Å²) >= 11 is 0. The van der Waals surface area contributed by atoms with Gasteiger partial charge in [-0.15, -0.1) is 0 Å². The second-order valence-electron chi connectivity index (χ2n) is 6.68. The minimum atomic E-state index is -1.59. The van der Waals surface area contributed by atoms with Crippen LogP contribution in [0.1, 0.15) is 32.6 Å². The maximum Gasteiger partial charge on any atom is 0.311 e. The predicted octanol–water partition coefficient (Wildman–Crippen LogP) is 2.89. The molecule has 0 atom stereocenters. The van der Waals surface area contributed by atoms with Crippen LogP contribution in [0.2, 0.25) is 19.6 Å². The lowest BCUT2D eigenvalue weighted by molar-refractivity contribution is -0.158. The van der Waals surface area contributed by atoms with Crippen molar-refractivity contribution in [3.05, 3.63) is 0 Å². The Morgan fingerprint density at radius 2 is 1.72 bits per heavy atom. The van der Waals surface area contributed by atoms with Crippen molar-refractivity contribution >= 4 is 14.3 Å². The Morgan fingerprint density at radius 3 is 2.06 bits per heavy atom. The number of hydrogen-bond acceptors (Lipinski definition) is 3. The highest BCUT2D eigenvalue weighted by molar-refractivity contribution is 6.69. The normalized spacial score (nSPS) is 33.4. The van der Waals surface area contributed by atoms with E-state index in [0.717, 1.165) is 12.8 Å². The summed E-state index contributed by atoms with van der Waals surface area (Å²) < 4.78 is 11.3. The summed E-state index contributed by atoms with van der Waals surface area (Å²) in [6.07, 6.45) is 2.87. The molecule has 0 radical (unpaired) electrons. The van der Waals surface area contributed by atoms with E-state index in [4.69, 9.17) is 9.16 Å². The first-order chi connectivity index (χ1) is 8.13. The number of carbonyl (C=O) groups is 1. The quantitative estimate of drug-likeness (QED) is 0.783. The summed E-state index contributed by atoms with van der Waals surface area (Å²) in [7, 11) is -0.0211. The molecule has 1 aliphatic carbocycles. The second-order valence-corrected chi connectivity index (χ2v) is 11.1. The van der Waals surface area contributed by atoms with E-state index < -0.39 is 19.7 Å². The molecule has 0 bridgehead atoms. The first-order valence-electron chi connectivity index (χ1n) is 6.55. The van der Waals surface area contributed by atoms with Crippen molar-refractivity contribution in [3.8, 4) is 0 Å². The first kappa shape index (κ1) is 15.7. The lowest BCUT2D eigenvalue weighted by Gasteiger charge is -2.45. The number of hydrogen-bond donors (Lipinski definition) is 1. The molecule has 1 rings (SSSR count). The zero-order valence-electron chi connectivity index (χ0n) is 12.2. The van der Waals surface area contributed by atoms with Gasteiger partial charge in [-0.05, 0) is 52.2 Å². The summed E-state index contributed by atoms with van der Waals surface area (Å²) in [5.41, 5.74) is -0.867. The van der Waals surface area contributed by atoms with E-state index in [2.05, 4.69) is 26.6 Å². The van der Waals surface area contributed by atoms with E-state index in [1.807, 2.05) is 0 Å². The molecular weight excluding hydrogens is 248 g/mol. The largest absolute Gasteiger partial charge is 0.481 e. The predicted molar refractivity (Wildman–Crippen MR) is 73.2 cm³/mol. The van der Waals surface area contributed by atoms with E-state index in [1.165, 1.54) is 0 Å². The third kappa shape index (κ3) is 3.80. The van der Waals surface area contributed by atoms with Crippen LogP contribution < -0.4 is 0 Å². The van der Waals surface area contributed by atoms with Gasteiger partial charge in [0.1, 0.15) is 0 Å². The van der Waals surface area contributed by atoms with Crippen LogP contribution in [0.4, 0.5) is 0 Å². The zero-order chi connectivity index (χ0) is 14.0. The average molecular weight is 274 g/mol. The van der Waals surface area contributed by atoms with Gasteiger partial charge in [0.15, 0.2) is 8.32 Å². The maximum atomic E-state index is 11.5. The lowest BCUT2D eigenvalue weighted by atomic mass is 9.69. The van der Waals surface area contributed by atoms with Gasteiger partial charge in [-0.3, -0.25) is 4.79 Å². The third-order valence-corrected chi connectivity index (χ3v) is 4.80. The van der Waals surface area contributed by atoms with Crippen LogP contribution in [0.25, 0.3) is 0 Å². The Bertz CT molecular complexity index is 301. The molecule has 18 heavy (non-hydrogen) atoms. The highest BCUT2D eigenvalue weighted by atomic mass is 28.4. The third-order valence-electron chi connectivity index (χ3n) is 3.69. The van der Waals surface area contributed by atoms with Crippen molar-refractivity contribution in [2.75, 3.05) is 13.7 Å². The first-order valence-corrected chi connectivity index (χ1v) is 9.96. The van der Waals surface area contributed by atoms with Crippen molar-refractivity contribution in [2.24, 2.45) is 5.41 Å². The minimum Gasteiger partial charge on any atom is -0.481 e. The molecular formula is C13H26O4Si. The van der Waals surface area contributed by atoms with E-state index in [-0.39, 0.29) is 5.60 Å². The Kier molecular flexibility index (Phi) is 4.62. The molecule has 1 N–H and O–H groups in total. The molecule has 1 aliphatic rings. The van der Waals surface area contributed by atoms with Crippen LogP contribution in [0.5, 0.6) is 0 Å². The van der Waals surface area contributed by atoms with Gasteiger partial charge in [-0.25, -0.2) is 0 Å². The van der Waals surface area contributed by atoms with Crippen LogP contribution in [0, 0.1) is 5.41 Å². The van der Waals surface area contributed by atoms with E-state index in [9.17, 15) is 9.90 Å². The highest BCUT2D eigenvalue weighted by Gasteiger charge is 2.47. The topological polar surface area (TPSA) is 55.8 Å². The number of carboxylic acids is 1. The fourth-order valence-corrected chi connectivity index (χ4v) is 4.48. The number of carboxylic acid groups (broad SMARTS) is 1. The van der Waals surface area contributed by atoms with Gasteiger partial charge in [-0.2, -0.15) is 0 Å². The van der Waals surface area contributed by atoms with Crippen LogP contribution in [0.15, 0.2) is 0 Å². The van der Waals surface area contributed by atoms with Gasteiger partial charge in [0, 0.05) is 7.11 Å². The number of methoxy groups -OCH3 is 1. The molecule has 1 saturated carbocycles. The molecule has 5 heteroatoms. The molecule has 0 saturated heterocycles. The maximum absolute atomic E-state index is 11.5. The summed E-state index contributed by atoms with van der Waals surface area (Å²) in [6, 6.07) is 0. The molecule has 0 unspecified atom stereocenters. The van der Waals surface area contributed by atoms with Gasteiger partial charge >= 0.3 is 5.97 Å². The molecule has 106 valence electrons. The number of ether oxygens (including phenoxy) is 1. The summed E-state index contributed by atoms with van der Waals surface area (Å²) in [5.74, 6) is -0.737. The monoisotopic (exact) mass is 274 g/mol. The molecule has 0 aromatic heterocycles. The van der Waals surface area contributed by atoms with Crippen LogP contribution in [-0.2, 0) is 14.0 Å². The van der Waals surface area contributed by atoms with Crippen molar-refractivity contribution < 1.29 is 19.1 Å². The van der Waals surface area contributed by atoms with Gasteiger partial charge in [0.25, 0.3) is 0 Å². The lowest BCUT2D eigenvalue weighted by Crippen LogP contribution is -2.48. The zero-order valence-corrected chi connectivity index (χ0v) is 13.2. The van der Waals surface area contributed by atoms with Crippen molar-refractivity contribution in [3.63, 3.8) is 0 Å². The SMILES string of the molecule is COCC1(C(=O)O)CCC(C)(O[Si](C)(C)C)CC1. The fourth-order valence-electron chi connectivity index (χ4n) is 2.79. The van der Waals surface area contributed by atoms with Gasteiger partial charge in [0.05, 0.1) is 17.6 Å². The fraction of sp³-hybridized carbons (Fsp3) is 0.923. The summed E-state index contributed by atoms with van der Waals surface area (Å²) in [5, 5.41) is 9.41. The van der Waals surface area contributed by atoms with Gasteiger partial charge in [0.2, 0.25) is 0 Å². The second kappa shape index (κ2) is 5.31. The molecule has 0 amide bonds. The van der Waals surface area contributed by atoms with Crippen LogP contribution in [-0.4, -0.2) is 38.7 Å². The molecule has 4 nitrogen and oxygen atoms in total. The smallest absolute Gasteiger partial charge is 0.311 e. The molecule has 0 spiro atoms. The van der Waals surface area contributed by atoms with Crippen LogP contribution in [0.3, 0.4) is 0 Å². The Balaban J connectivity index is 2.71. The summed E-state index contributed by atoms with van der Waals surface area (Å²) in [4.78, 5) is 11.5. The number of aliphatic carboxylic acids is 1. The minimum absolute atomic E-state index is 0.156.